The molecule has 0 radical (unpaired) electrons. The van der Waals surface area contributed by atoms with Crippen LogP contribution in [0.3, 0.4) is 0 Å². The minimum absolute atomic E-state index is 0.108. The molecule has 2 amide bonds. The van der Waals surface area contributed by atoms with Gasteiger partial charge < -0.3 is 24.8 Å². The molecule has 1 unspecified atom stereocenters. The minimum Gasteiger partial charge on any atom is -0.493 e. The molecular weight excluding hydrogens is 288 g/mol. The van der Waals surface area contributed by atoms with Crippen molar-refractivity contribution in [2.75, 3.05) is 21.3 Å². The first-order valence-corrected chi connectivity index (χ1v) is 6.76. The molecule has 0 aliphatic heterocycles. The van der Waals surface area contributed by atoms with Gasteiger partial charge in [-0.3, -0.25) is 4.79 Å². The normalized spacial score (nSPS) is 11.3. The van der Waals surface area contributed by atoms with E-state index in [1.807, 2.05) is 0 Å². The van der Waals surface area contributed by atoms with Crippen LogP contribution in [0.4, 0.5) is 4.79 Å². The summed E-state index contributed by atoms with van der Waals surface area (Å²) in [5.41, 5.74) is 0.778. The van der Waals surface area contributed by atoms with Crippen molar-refractivity contribution in [1.29, 1.82) is 0 Å². The van der Waals surface area contributed by atoms with Crippen molar-refractivity contribution in [3.63, 3.8) is 0 Å². The molecule has 22 heavy (non-hydrogen) atoms. The molecule has 1 atom stereocenters. The van der Waals surface area contributed by atoms with Gasteiger partial charge in [-0.1, -0.05) is 0 Å². The summed E-state index contributed by atoms with van der Waals surface area (Å²) in [6, 6.07) is 2.54. The summed E-state index contributed by atoms with van der Waals surface area (Å²) in [6.45, 7) is 3.30. The number of Topliss-reactive ketones (excluding diaryl/α,β-unsaturated/α-hetero) is 1. The first-order valence-electron chi connectivity index (χ1n) is 6.76. The van der Waals surface area contributed by atoms with Crippen LogP contribution in [0.2, 0.25) is 0 Å². The fourth-order valence-corrected chi connectivity index (χ4v) is 1.77. The quantitative estimate of drug-likeness (QED) is 0.797. The predicted molar refractivity (Wildman–Crippen MR) is 81.6 cm³/mol. The maximum Gasteiger partial charge on any atom is 0.315 e. The molecule has 1 rings (SSSR count). The number of urea groups is 1. The molecule has 0 saturated carbocycles. The molecule has 0 spiro atoms. The number of ether oxygens (including phenoxy) is 3. The van der Waals surface area contributed by atoms with Gasteiger partial charge in [0.1, 0.15) is 0 Å². The van der Waals surface area contributed by atoms with Crippen molar-refractivity contribution in [3.05, 3.63) is 17.7 Å². The average Bonchev–Trinajstić information content (AvgIpc) is 2.51. The van der Waals surface area contributed by atoms with Crippen LogP contribution in [0.15, 0.2) is 12.1 Å². The van der Waals surface area contributed by atoms with Gasteiger partial charge in [0, 0.05) is 6.54 Å². The topological polar surface area (TPSA) is 85.9 Å². The van der Waals surface area contributed by atoms with Gasteiger partial charge in [0.15, 0.2) is 17.3 Å². The van der Waals surface area contributed by atoms with Gasteiger partial charge in [0.2, 0.25) is 5.75 Å². The Morgan fingerprint density at radius 1 is 1.09 bits per heavy atom. The number of nitrogens with one attached hydrogen (secondary N) is 2. The number of methoxy groups -OCH3 is 3. The lowest BCUT2D eigenvalue weighted by molar-refractivity contribution is -0.118. The van der Waals surface area contributed by atoms with Crippen LogP contribution in [-0.4, -0.2) is 39.2 Å². The summed E-state index contributed by atoms with van der Waals surface area (Å²) in [4.78, 5) is 22.8. The molecule has 0 aliphatic rings. The third-order valence-electron chi connectivity index (χ3n) is 3.13. The lowest BCUT2D eigenvalue weighted by atomic mass is 10.2. The van der Waals surface area contributed by atoms with Gasteiger partial charge in [0.25, 0.3) is 0 Å². The minimum atomic E-state index is -0.528. The molecular formula is C15H22N2O5. The summed E-state index contributed by atoms with van der Waals surface area (Å²) < 4.78 is 15.7. The van der Waals surface area contributed by atoms with Crippen LogP contribution in [0.1, 0.15) is 19.4 Å². The van der Waals surface area contributed by atoms with Gasteiger partial charge in [-0.15, -0.1) is 0 Å². The molecule has 1 aromatic carbocycles. The third-order valence-corrected chi connectivity index (χ3v) is 3.13. The van der Waals surface area contributed by atoms with Crippen LogP contribution >= 0.6 is 0 Å². The zero-order valence-corrected chi connectivity index (χ0v) is 13.5. The van der Waals surface area contributed by atoms with Crippen LogP contribution in [0.5, 0.6) is 17.2 Å². The second-order valence-electron chi connectivity index (χ2n) is 4.69. The smallest absolute Gasteiger partial charge is 0.315 e. The lowest BCUT2D eigenvalue weighted by Gasteiger charge is -2.15. The second-order valence-corrected chi connectivity index (χ2v) is 4.69. The molecule has 122 valence electrons. The van der Waals surface area contributed by atoms with Crippen LogP contribution in [-0.2, 0) is 11.3 Å². The summed E-state index contributed by atoms with van der Waals surface area (Å²) in [6.07, 6.45) is 0. The fraction of sp³-hybridized carbons (Fsp3) is 0.467. The number of benzene rings is 1. The first kappa shape index (κ1) is 17.6. The Kier molecular flexibility index (Phi) is 6.49. The van der Waals surface area contributed by atoms with E-state index in [9.17, 15) is 9.59 Å². The summed E-state index contributed by atoms with van der Waals surface area (Å²) in [5, 5.41) is 5.21. The molecule has 0 saturated heterocycles. The molecule has 0 heterocycles. The number of hydrogen-bond donors (Lipinski definition) is 2. The van der Waals surface area contributed by atoms with E-state index in [0.717, 1.165) is 5.56 Å². The van der Waals surface area contributed by atoms with Crippen LogP contribution in [0, 0.1) is 0 Å². The van der Waals surface area contributed by atoms with Crippen molar-refractivity contribution >= 4 is 11.8 Å². The number of amides is 2. The highest BCUT2D eigenvalue weighted by Gasteiger charge is 2.14. The highest BCUT2D eigenvalue weighted by Crippen LogP contribution is 2.38. The van der Waals surface area contributed by atoms with Crippen molar-refractivity contribution in [1.82, 2.24) is 10.6 Å². The van der Waals surface area contributed by atoms with E-state index < -0.39 is 12.1 Å². The monoisotopic (exact) mass is 310 g/mol. The van der Waals surface area contributed by atoms with E-state index in [1.165, 1.54) is 28.3 Å². The van der Waals surface area contributed by atoms with Gasteiger partial charge in [0.05, 0.1) is 27.4 Å². The van der Waals surface area contributed by atoms with Gasteiger partial charge in [-0.2, -0.15) is 0 Å². The summed E-state index contributed by atoms with van der Waals surface area (Å²) in [7, 11) is 4.57. The highest BCUT2D eigenvalue weighted by atomic mass is 16.5. The van der Waals surface area contributed by atoms with Crippen LogP contribution < -0.4 is 24.8 Å². The molecule has 0 bridgehead atoms. The zero-order chi connectivity index (χ0) is 16.7. The molecule has 2 N–H and O–H groups in total. The molecule has 7 heteroatoms. The van der Waals surface area contributed by atoms with Crippen molar-refractivity contribution in [2.24, 2.45) is 0 Å². The lowest BCUT2D eigenvalue weighted by Crippen LogP contribution is -2.43. The molecule has 0 aliphatic carbocycles. The van der Waals surface area contributed by atoms with E-state index in [0.29, 0.717) is 17.2 Å². The number of rotatable bonds is 7. The van der Waals surface area contributed by atoms with E-state index >= 15 is 0 Å². The number of carbonyl (C=O) groups excluding carboxylic acids is 2. The molecule has 1 aromatic rings. The van der Waals surface area contributed by atoms with E-state index in [2.05, 4.69) is 10.6 Å². The van der Waals surface area contributed by atoms with Crippen LogP contribution in [0.25, 0.3) is 0 Å². The van der Waals surface area contributed by atoms with E-state index in [-0.39, 0.29) is 12.3 Å². The first-order chi connectivity index (χ1) is 10.4. The summed E-state index contributed by atoms with van der Waals surface area (Å²) in [5.74, 6) is 1.40. The Morgan fingerprint density at radius 2 is 1.64 bits per heavy atom. The molecule has 7 nitrogen and oxygen atoms in total. The van der Waals surface area contributed by atoms with E-state index in [4.69, 9.17) is 14.2 Å². The maximum absolute atomic E-state index is 11.7. The summed E-state index contributed by atoms with van der Waals surface area (Å²) >= 11 is 0. The predicted octanol–water partition coefficient (Wildman–Crippen LogP) is 1.49. The van der Waals surface area contributed by atoms with Gasteiger partial charge in [-0.05, 0) is 31.5 Å². The second kappa shape index (κ2) is 8.11. The Bertz CT molecular complexity index is 520. The highest BCUT2D eigenvalue weighted by molar-refractivity contribution is 5.86. The average molecular weight is 310 g/mol. The Balaban J connectivity index is 2.78. The van der Waals surface area contributed by atoms with Gasteiger partial charge >= 0.3 is 6.03 Å². The maximum atomic E-state index is 11.7. The van der Waals surface area contributed by atoms with Gasteiger partial charge in [-0.25, -0.2) is 4.79 Å². The zero-order valence-electron chi connectivity index (χ0n) is 13.5. The number of hydrogen-bond acceptors (Lipinski definition) is 5. The number of ketones is 1. The standard InChI is InChI=1S/C15H22N2O5/c1-9(10(2)18)17-15(19)16-8-11-6-12(20-3)14(22-5)13(7-11)21-4/h6-7,9H,8H2,1-5H3,(H2,16,17,19). The largest absolute Gasteiger partial charge is 0.493 e. The van der Waals surface area contributed by atoms with Crippen molar-refractivity contribution in [2.45, 2.75) is 26.4 Å². The molecule has 0 fully saturated rings. The van der Waals surface area contributed by atoms with Crippen molar-refractivity contribution in [3.8, 4) is 17.2 Å². The van der Waals surface area contributed by atoms with E-state index in [1.54, 1.807) is 19.1 Å². The molecule has 0 aromatic heterocycles. The SMILES string of the molecule is COc1cc(CNC(=O)NC(C)C(C)=O)cc(OC)c1OC. The number of carbonyl (C=O) groups is 2. The Labute approximate surface area is 129 Å². The fourth-order valence-electron chi connectivity index (χ4n) is 1.77. The van der Waals surface area contributed by atoms with Crippen molar-refractivity contribution < 1.29 is 23.8 Å². The Hall–Kier alpha value is -2.44. The third kappa shape index (κ3) is 4.54. The Morgan fingerprint density at radius 3 is 2.05 bits per heavy atom.